The number of aromatic nitrogens is 3. The van der Waals surface area contributed by atoms with Crippen LogP contribution in [0.4, 0.5) is 0 Å². The van der Waals surface area contributed by atoms with Crippen molar-refractivity contribution in [2.24, 2.45) is 0 Å². The van der Waals surface area contributed by atoms with E-state index >= 15 is 0 Å². The first-order chi connectivity index (χ1) is 14.1. The molecule has 3 aromatic rings. The highest BCUT2D eigenvalue weighted by molar-refractivity contribution is 7.99. The standard InChI is InChI=1S/C21H25N5O2S/c1-16-8-10-18(11-9-16)20-23-24-21(26(20)22)29-15-19(27)25(12-13-28-2)14-17-6-4-3-5-7-17/h3-11H,12-15,22H2,1-2H3. The molecule has 0 spiro atoms. The quantitative estimate of drug-likeness (QED) is 0.430. The van der Waals surface area contributed by atoms with Crippen molar-refractivity contribution in [1.29, 1.82) is 0 Å². The summed E-state index contributed by atoms with van der Waals surface area (Å²) in [5.74, 6) is 6.95. The van der Waals surface area contributed by atoms with Gasteiger partial charge in [0.1, 0.15) is 0 Å². The van der Waals surface area contributed by atoms with Crippen LogP contribution < -0.4 is 5.84 Å². The Bertz CT molecular complexity index is 928. The molecule has 0 unspecified atom stereocenters. The van der Waals surface area contributed by atoms with Crippen LogP contribution in [-0.4, -0.2) is 51.7 Å². The van der Waals surface area contributed by atoms with Gasteiger partial charge in [-0.2, -0.15) is 0 Å². The predicted octanol–water partition coefficient (Wildman–Crippen LogP) is 2.73. The fraction of sp³-hybridized carbons (Fsp3) is 0.286. The molecule has 1 amide bonds. The van der Waals surface area contributed by atoms with Crippen molar-refractivity contribution in [1.82, 2.24) is 19.8 Å². The number of thioether (sulfide) groups is 1. The van der Waals surface area contributed by atoms with Crippen molar-refractivity contribution in [2.75, 3.05) is 31.9 Å². The first-order valence-corrected chi connectivity index (χ1v) is 10.3. The van der Waals surface area contributed by atoms with Gasteiger partial charge >= 0.3 is 0 Å². The number of benzene rings is 2. The summed E-state index contributed by atoms with van der Waals surface area (Å²) in [5, 5.41) is 8.83. The first-order valence-electron chi connectivity index (χ1n) is 9.29. The average molecular weight is 412 g/mol. The number of carbonyl (C=O) groups is 1. The Hall–Kier alpha value is -2.84. The van der Waals surface area contributed by atoms with Gasteiger partial charge in [-0.15, -0.1) is 10.2 Å². The summed E-state index contributed by atoms with van der Waals surface area (Å²) in [6.45, 7) is 3.56. The van der Waals surface area contributed by atoms with Crippen LogP contribution in [0.15, 0.2) is 59.8 Å². The second kappa shape index (κ2) is 10.1. The highest BCUT2D eigenvalue weighted by Crippen LogP contribution is 2.22. The summed E-state index contributed by atoms with van der Waals surface area (Å²) in [5.41, 5.74) is 3.12. The summed E-state index contributed by atoms with van der Waals surface area (Å²) in [6, 6.07) is 17.8. The largest absolute Gasteiger partial charge is 0.383 e. The van der Waals surface area contributed by atoms with Gasteiger partial charge < -0.3 is 15.5 Å². The van der Waals surface area contributed by atoms with Crippen LogP contribution >= 0.6 is 11.8 Å². The van der Waals surface area contributed by atoms with Crippen LogP contribution in [0.3, 0.4) is 0 Å². The van der Waals surface area contributed by atoms with Crippen molar-refractivity contribution >= 4 is 17.7 Å². The molecule has 0 saturated carbocycles. The maximum atomic E-state index is 12.8. The van der Waals surface area contributed by atoms with E-state index in [9.17, 15) is 4.79 Å². The molecule has 0 aliphatic heterocycles. The molecule has 2 N–H and O–H groups in total. The van der Waals surface area contributed by atoms with Gasteiger partial charge in [0, 0.05) is 25.8 Å². The van der Waals surface area contributed by atoms with Crippen LogP contribution in [0.25, 0.3) is 11.4 Å². The van der Waals surface area contributed by atoms with Gasteiger partial charge in [-0.1, -0.05) is 71.9 Å². The van der Waals surface area contributed by atoms with E-state index in [1.54, 1.807) is 12.0 Å². The second-order valence-corrected chi connectivity index (χ2v) is 7.57. The number of methoxy groups -OCH3 is 1. The maximum Gasteiger partial charge on any atom is 0.233 e. The van der Waals surface area contributed by atoms with E-state index in [4.69, 9.17) is 10.6 Å². The minimum atomic E-state index is -0.00390. The third kappa shape index (κ3) is 5.58. The lowest BCUT2D eigenvalue weighted by Gasteiger charge is -2.22. The smallest absolute Gasteiger partial charge is 0.233 e. The molecule has 2 aromatic carbocycles. The number of carbonyl (C=O) groups excluding carboxylic acids is 1. The second-order valence-electron chi connectivity index (χ2n) is 6.62. The van der Waals surface area contributed by atoms with Crippen molar-refractivity contribution in [3.63, 3.8) is 0 Å². The molecule has 3 rings (SSSR count). The van der Waals surface area contributed by atoms with Crippen molar-refractivity contribution in [2.45, 2.75) is 18.6 Å². The van der Waals surface area contributed by atoms with Gasteiger partial charge in [0.15, 0.2) is 5.82 Å². The highest BCUT2D eigenvalue weighted by Gasteiger charge is 2.18. The van der Waals surface area contributed by atoms with E-state index < -0.39 is 0 Å². The van der Waals surface area contributed by atoms with Crippen LogP contribution in [0.2, 0.25) is 0 Å². The Kier molecular flexibility index (Phi) is 7.26. The zero-order valence-electron chi connectivity index (χ0n) is 16.6. The zero-order chi connectivity index (χ0) is 20.6. The molecule has 0 fully saturated rings. The molecule has 152 valence electrons. The SMILES string of the molecule is COCCN(Cc1ccccc1)C(=O)CSc1nnc(-c2ccc(C)cc2)n1N. The normalized spacial score (nSPS) is 10.8. The number of rotatable bonds is 9. The van der Waals surface area contributed by atoms with Crippen molar-refractivity contribution < 1.29 is 9.53 Å². The van der Waals surface area contributed by atoms with Crippen LogP contribution in [0, 0.1) is 6.92 Å². The third-order valence-corrected chi connectivity index (χ3v) is 5.36. The van der Waals surface area contributed by atoms with Gasteiger partial charge in [-0.25, -0.2) is 4.68 Å². The van der Waals surface area contributed by atoms with Crippen molar-refractivity contribution in [3.05, 3.63) is 65.7 Å². The van der Waals surface area contributed by atoms with Crippen LogP contribution in [-0.2, 0) is 16.1 Å². The van der Waals surface area contributed by atoms with E-state index in [0.29, 0.717) is 30.7 Å². The summed E-state index contributed by atoms with van der Waals surface area (Å²) >= 11 is 1.28. The van der Waals surface area contributed by atoms with E-state index in [1.807, 2.05) is 61.5 Å². The Morgan fingerprint density at radius 3 is 2.55 bits per heavy atom. The number of nitrogen functional groups attached to an aromatic ring is 1. The molecule has 1 aromatic heterocycles. The molecule has 29 heavy (non-hydrogen) atoms. The molecule has 7 nitrogen and oxygen atoms in total. The Labute approximate surface area is 174 Å². The molecule has 0 saturated heterocycles. The molecule has 8 heteroatoms. The average Bonchev–Trinajstić information content (AvgIpc) is 3.11. The number of nitrogens with zero attached hydrogens (tertiary/aromatic N) is 4. The number of aryl methyl sites for hydroxylation is 1. The fourth-order valence-corrected chi connectivity index (χ4v) is 3.55. The first kappa shape index (κ1) is 20.9. The lowest BCUT2D eigenvalue weighted by Crippen LogP contribution is -2.34. The molecule has 1 heterocycles. The van der Waals surface area contributed by atoms with E-state index in [0.717, 1.165) is 16.7 Å². The van der Waals surface area contributed by atoms with Crippen molar-refractivity contribution in [3.8, 4) is 11.4 Å². The van der Waals surface area contributed by atoms with Gasteiger partial charge in [0.05, 0.1) is 12.4 Å². The van der Waals surface area contributed by atoms with E-state index in [2.05, 4.69) is 10.2 Å². The number of hydrogen-bond donors (Lipinski definition) is 1. The number of hydrogen-bond acceptors (Lipinski definition) is 6. The summed E-state index contributed by atoms with van der Waals surface area (Å²) in [4.78, 5) is 14.6. The van der Waals surface area contributed by atoms with Crippen LogP contribution in [0.1, 0.15) is 11.1 Å². The number of nitrogens with two attached hydrogens (primary N) is 1. The third-order valence-electron chi connectivity index (χ3n) is 4.43. The van der Waals surface area contributed by atoms with Crippen LogP contribution in [0.5, 0.6) is 0 Å². The number of ether oxygens (including phenoxy) is 1. The van der Waals surface area contributed by atoms with E-state index in [-0.39, 0.29) is 11.7 Å². The van der Waals surface area contributed by atoms with Gasteiger partial charge in [0.25, 0.3) is 0 Å². The number of amides is 1. The van der Waals surface area contributed by atoms with Gasteiger partial charge in [-0.3, -0.25) is 4.79 Å². The lowest BCUT2D eigenvalue weighted by atomic mass is 10.1. The monoisotopic (exact) mass is 411 g/mol. The lowest BCUT2D eigenvalue weighted by molar-refractivity contribution is -0.129. The molecule has 0 bridgehead atoms. The Morgan fingerprint density at radius 2 is 1.86 bits per heavy atom. The fourth-order valence-electron chi connectivity index (χ4n) is 2.79. The topological polar surface area (TPSA) is 86.3 Å². The molecule has 0 atom stereocenters. The Morgan fingerprint density at radius 1 is 1.14 bits per heavy atom. The summed E-state index contributed by atoms with van der Waals surface area (Å²) < 4.78 is 6.59. The summed E-state index contributed by atoms with van der Waals surface area (Å²) in [6.07, 6.45) is 0. The van der Waals surface area contributed by atoms with E-state index in [1.165, 1.54) is 16.4 Å². The molecular formula is C21H25N5O2S. The summed E-state index contributed by atoms with van der Waals surface area (Å²) in [7, 11) is 1.63. The predicted molar refractivity (Wildman–Crippen MR) is 115 cm³/mol. The maximum absolute atomic E-state index is 12.8. The highest BCUT2D eigenvalue weighted by atomic mass is 32.2. The van der Waals surface area contributed by atoms with Gasteiger partial charge in [0.2, 0.25) is 11.1 Å². The minimum Gasteiger partial charge on any atom is -0.383 e. The molecule has 0 radical (unpaired) electrons. The molecule has 0 aliphatic rings. The molecular weight excluding hydrogens is 386 g/mol. The minimum absolute atomic E-state index is 0.00390. The Balaban J connectivity index is 1.65. The zero-order valence-corrected chi connectivity index (χ0v) is 17.4. The van der Waals surface area contributed by atoms with Gasteiger partial charge in [-0.05, 0) is 12.5 Å². The molecule has 0 aliphatic carbocycles.